The number of esters is 1. The minimum absolute atomic E-state index is 0.0914. The summed E-state index contributed by atoms with van der Waals surface area (Å²) in [6, 6.07) is 10.1. The molecule has 0 bridgehead atoms. The smallest absolute Gasteiger partial charge is 0.309 e. The largest absolute Gasteiger partial charge is 0.494 e. The summed E-state index contributed by atoms with van der Waals surface area (Å²) in [7, 11) is -3.72. The fourth-order valence-corrected chi connectivity index (χ4v) is 4.93. The van der Waals surface area contributed by atoms with Gasteiger partial charge in [0.25, 0.3) is 5.91 Å². The molecule has 0 unspecified atom stereocenters. The van der Waals surface area contributed by atoms with Crippen molar-refractivity contribution in [3.8, 4) is 5.75 Å². The second-order valence-electron chi connectivity index (χ2n) is 8.32. The van der Waals surface area contributed by atoms with Gasteiger partial charge in [-0.1, -0.05) is 0 Å². The van der Waals surface area contributed by atoms with Crippen LogP contribution in [-0.2, 0) is 26.1 Å². The molecule has 8 nitrogen and oxygen atoms in total. The van der Waals surface area contributed by atoms with Gasteiger partial charge in [0, 0.05) is 24.2 Å². The lowest BCUT2D eigenvalue weighted by Crippen LogP contribution is -2.40. The molecule has 2 aromatic rings. The van der Waals surface area contributed by atoms with Crippen LogP contribution in [-0.4, -0.2) is 57.8 Å². The predicted molar refractivity (Wildman–Crippen MR) is 130 cm³/mol. The summed E-state index contributed by atoms with van der Waals surface area (Å²) in [6.07, 6.45) is 2.13. The molecule has 10 heteroatoms. The van der Waals surface area contributed by atoms with Crippen LogP contribution in [0.15, 0.2) is 42.5 Å². The number of hydrogen-bond donors (Lipinski definition) is 0. The zero-order chi connectivity index (χ0) is 25.6. The highest BCUT2D eigenvalue weighted by Gasteiger charge is 2.29. The highest BCUT2D eigenvalue weighted by atomic mass is 32.2. The molecule has 0 saturated carbocycles. The molecule has 0 aromatic heterocycles. The number of anilines is 1. The van der Waals surface area contributed by atoms with Crippen molar-refractivity contribution >= 4 is 27.6 Å². The Morgan fingerprint density at radius 1 is 1.06 bits per heavy atom. The Morgan fingerprint density at radius 2 is 1.71 bits per heavy atom. The molecule has 0 N–H and O–H groups in total. The number of ether oxygens (including phenoxy) is 2. The van der Waals surface area contributed by atoms with E-state index in [1.807, 2.05) is 6.92 Å². The normalized spacial score (nSPS) is 14.5. The van der Waals surface area contributed by atoms with E-state index in [2.05, 4.69) is 0 Å². The molecule has 0 atom stereocenters. The van der Waals surface area contributed by atoms with E-state index in [-0.39, 0.29) is 24.3 Å². The van der Waals surface area contributed by atoms with E-state index in [9.17, 15) is 22.4 Å². The number of benzene rings is 2. The van der Waals surface area contributed by atoms with E-state index in [1.54, 1.807) is 30.0 Å². The van der Waals surface area contributed by atoms with Gasteiger partial charge in [0.2, 0.25) is 10.0 Å². The first-order valence-electron chi connectivity index (χ1n) is 11.6. The second-order valence-corrected chi connectivity index (χ2v) is 10.2. The van der Waals surface area contributed by atoms with Gasteiger partial charge in [0.15, 0.2) is 0 Å². The van der Waals surface area contributed by atoms with Crippen molar-refractivity contribution in [2.45, 2.75) is 33.2 Å². The van der Waals surface area contributed by atoms with Crippen molar-refractivity contribution in [3.63, 3.8) is 0 Å². The standard InChI is InChI=1S/C25H31FN2O6S/c1-4-33-23-11-6-19(24(29)27-14-12-18(13-15-27)25(30)34-5-2)16-20(23)17-28(35(3,31)32)22-9-7-21(26)8-10-22/h6-11,16,18H,4-5,12-15,17H2,1-3H3. The topological polar surface area (TPSA) is 93.2 Å². The molecular formula is C25H31FN2O6S. The van der Waals surface area contributed by atoms with Crippen LogP contribution in [0.4, 0.5) is 10.1 Å². The van der Waals surface area contributed by atoms with Crippen LogP contribution in [0.2, 0.25) is 0 Å². The van der Waals surface area contributed by atoms with Gasteiger partial charge in [-0.3, -0.25) is 13.9 Å². The fourth-order valence-electron chi connectivity index (χ4n) is 4.06. The van der Waals surface area contributed by atoms with Crippen molar-refractivity contribution in [2.75, 3.05) is 36.9 Å². The monoisotopic (exact) mass is 506 g/mol. The summed E-state index contributed by atoms with van der Waals surface area (Å²) in [5.41, 5.74) is 1.20. The van der Waals surface area contributed by atoms with Gasteiger partial charge in [0.1, 0.15) is 11.6 Å². The second kappa shape index (κ2) is 11.5. The highest BCUT2D eigenvalue weighted by molar-refractivity contribution is 7.92. The average molecular weight is 507 g/mol. The summed E-state index contributed by atoms with van der Waals surface area (Å²) in [5, 5.41) is 0. The lowest BCUT2D eigenvalue weighted by molar-refractivity contribution is -0.149. The number of piperidine rings is 1. The quantitative estimate of drug-likeness (QED) is 0.483. The van der Waals surface area contributed by atoms with E-state index in [0.717, 1.165) is 10.6 Å². The minimum Gasteiger partial charge on any atom is -0.494 e. The van der Waals surface area contributed by atoms with Crippen molar-refractivity contribution in [2.24, 2.45) is 5.92 Å². The zero-order valence-corrected chi connectivity index (χ0v) is 21.0. The van der Waals surface area contributed by atoms with Crippen LogP contribution in [0, 0.1) is 11.7 Å². The summed E-state index contributed by atoms with van der Waals surface area (Å²) in [5.74, 6) is -0.666. The van der Waals surface area contributed by atoms with Crippen LogP contribution in [0.3, 0.4) is 0 Å². The molecule has 2 aromatic carbocycles. The Labute approximate surface area is 205 Å². The average Bonchev–Trinajstić information content (AvgIpc) is 2.83. The van der Waals surface area contributed by atoms with Crippen LogP contribution in [0.25, 0.3) is 0 Å². The molecule has 3 rings (SSSR count). The highest BCUT2D eigenvalue weighted by Crippen LogP contribution is 2.28. The third kappa shape index (κ3) is 6.72. The number of likely N-dealkylation sites (tertiary alicyclic amines) is 1. The summed E-state index contributed by atoms with van der Waals surface area (Å²) >= 11 is 0. The first-order chi connectivity index (χ1) is 16.6. The minimum atomic E-state index is -3.72. The molecule has 190 valence electrons. The first kappa shape index (κ1) is 26.5. The van der Waals surface area contributed by atoms with Gasteiger partial charge >= 0.3 is 5.97 Å². The molecule has 1 aliphatic rings. The van der Waals surface area contributed by atoms with Crippen molar-refractivity contribution in [1.82, 2.24) is 4.90 Å². The van der Waals surface area contributed by atoms with Crippen LogP contribution in [0.5, 0.6) is 5.75 Å². The number of amides is 1. The summed E-state index contributed by atoms with van der Waals surface area (Å²) in [6.45, 7) is 5.02. The third-order valence-electron chi connectivity index (χ3n) is 5.84. The van der Waals surface area contributed by atoms with Gasteiger partial charge in [0.05, 0.1) is 37.6 Å². The van der Waals surface area contributed by atoms with Crippen LogP contribution >= 0.6 is 0 Å². The lowest BCUT2D eigenvalue weighted by Gasteiger charge is -2.31. The molecule has 1 saturated heterocycles. The molecule has 0 aliphatic carbocycles. The van der Waals surface area contributed by atoms with E-state index >= 15 is 0 Å². The van der Waals surface area contributed by atoms with E-state index in [0.29, 0.717) is 61.7 Å². The Hall–Kier alpha value is -3.14. The van der Waals surface area contributed by atoms with E-state index < -0.39 is 15.8 Å². The predicted octanol–water partition coefficient (Wildman–Crippen LogP) is 3.61. The van der Waals surface area contributed by atoms with Gasteiger partial charge in [-0.05, 0) is 69.2 Å². The van der Waals surface area contributed by atoms with Crippen molar-refractivity contribution in [3.05, 3.63) is 59.4 Å². The molecular weight excluding hydrogens is 475 g/mol. The maximum atomic E-state index is 13.4. The van der Waals surface area contributed by atoms with Gasteiger partial charge in [-0.15, -0.1) is 0 Å². The van der Waals surface area contributed by atoms with Gasteiger partial charge < -0.3 is 14.4 Å². The number of nitrogens with zero attached hydrogens (tertiary/aromatic N) is 2. The number of hydrogen-bond acceptors (Lipinski definition) is 6. The number of carbonyl (C=O) groups excluding carboxylic acids is 2. The fraction of sp³-hybridized carbons (Fsp3) is 0.440. The number of rotatable bonds is 9. The molecule has 0 spiro atoms. The third-order valence-corrected chi connectivity index (χ3v) is 6.98. The Balaban J connectivity index is 1.84. The van der Waals surface area contributed by atoms with Crippen molar-refractivity contribution < 1.29 is 31.9 Å². The van der Waals surface area contributed by atoms with Gasteiger partial charge in [-0.25, -0.2) is 12.8 Å². The van der Waals surface area contributed by atoms with Crippen molar-refractivity contribution in [1.29, 1.82) is 0 Å². The molecule has 35 heavy (non-hydrogen) atoms. The van der Waals surface area contributed by atoms with Gasteiger partial charge in [-0.2, -0.15) is 0 Å². The molecule has 1 heterocycles. The maximum absolute atomic E-state index is 13.4. The number of sulfonamides is 1. The summed E-state index contributed by atoms with van der Waals surface area (Å²) < 4.78 is 50.5. The molecule has 0 radical (unpaired) electrons. The molecule has 1 aliphatic heterocycles. The number of carbonyl (C=O) groups is 2. The molecule has 1 fully saturated rings. The number of halogens is 1. The summed E-state index contributed by atoms with van der Waals surface area (Å²) in [4.78, 5) is 26.9. The van der Waals surface area contributed by atoms with Crippen LogP contribution < -0.4 is 9.04 Å². The van der Waals surface area contributed by atoms with E-state index in [4.69, 9.17) is 9.47 Å². The molecule has 1 amide bonds. The Bertz CT molecular complexity index is 1150. The van der Waals surface area contributed by atoms with Crippen LogP contribution in [0.1, 0.15) is 42.6 Å². The zero-order valence-electron chi connectivity index (χ0n) is 20.2. The Kier molecular flexibility index (Phi) is 8.71. The Morgan fingerprint density at radius 3 is 2.29 bits per heavy atom. The van der Waals surface area contributed by atoms with E-state index in [1.165, 1.54) is 24.3 Å². The maximum Gasteiger partial charge on any atom is 0.309 e. The first-order valence-corrected chi connectivity index (χ1v) is 13.4. The SMILES string of the molecule is CCOC(=O)C1CCN(C(=O)c2ccc(OCC)c(CN(c3ccc(F)cc3)S(C)(=O)=O)c2)CC1. The lowest BCUT2D eigenvalue weighted by atomic mass is 9.96.